The van der Waals surface area contributed by atoms with Gasteiger partial charge in [-0.2, -0.15) is 0 Å². The first-order valence-electron chi connectivity index (χ1n) is 11.8. The lowest BCUT2D eigenvalue weighted by Gasteiger charge is -2.23. The Bertz CT molecular complexity index is 1350. The number of rotatable bonds is 7. The van der Waals surface area contributed by atoms with Crippen LogP contribution < -0.4 is 0 Å². The van der Waals surface area contributed by atoms with Crippen LogP contribution >= 0.6 is 0 Å². The van der Waals surface area contributed by atoms with Crippen molar-refractivity contribution in [3.8, 4) is 11.3 Å². The first-order valence-corrected chi connectivity index (χ1v) is 13.6. The summed E-state index contributed by atoms with van der Waals surface area (Å²) in [5, 5.41) is 0.639. The van der Waals surface area contributed by atoms with Gasteiger partial charge in [0.25, 0.3) is 5.91 Å². The average Bonchev–Trinajstić information content (AvgIpc) is 3.24. The third-order valence-electron chi connectivity index (χ3n) is 6.80. The number of nitrogens with zero attached hydrogens (tertiary/aromatic N) is 2. The number of benzene rings is 2. The zero-order valence-corrected chi connectivity index (χ0v) is 21.0. The minimum atomic E-state index is -3.12. The van der Waals surface area contributed by atoms with Gasteiger partial charge in [0.05, 0.1) is 28.3 Å². The molecule has 1 saturated heterocycles. The van der Waals surface area contributed by atoms with Crippen molar-refractivity contribution in [2.75, 3.05) is 25.2 Å². The van der Waals surface area contributed by atoms with Crippen LogP contribution in [-0.4, -0.2) is 61.4 Å². The Kier molecular flexibility index (Phi) is 7.21. The predicted molar refractivity (Wildman–Crippen MR) is 136 cm³/mol. The van der Waals surface area contributed by atoms with Crippen molar-refractivity contribution < 1.29 is 22.7 Å². The van der Waals surface area contributed by atoms with Gasteiger partial charge in [-0.3, -0.25) is 4.79 Å². The third kappa shape index (κ3) is 5.53. The van der Waals surface area contributed by atoms with Gasteiger partial charge in [-0.05, 0) is 36.5 Å². The number of hydrogen-bond acceptors (Lipinski definition) is 6. The number of pyridine rings is 1. The van der Waals surface area contributed by atoms with Crippen LogP contribution in [0.2, 0.25) is 0 Å². The smallest absolute Gasteiger partial charge is 0.339 e. The highest BCUT2D eigenvalue weighted by molar-refractivity contribution is 7.91. The second-order valence-corrected chi connectivity index (χ2v) is 11.4. The maximum atomic E-state index is 13.1. The molecule has 184 valence electrons. The van der Waals surface area contributed by atoms with Crippen molar-refractivity contribution in [2.45, 2.75) is 38.6 Å². The molecule has 2 aromatic carbocycles. The lowest BCUT2D eigenvalue weighted by molar-refractivity contribution is -0.134. The van der Waals surface area contributed by atoms with Crippen LogP contribution in [0.25, 0.3) is 22.2 Å². The van der Waals surface area contributed by atoms with Crippen molar-refractivity contribution in [1.82, 2.24) is 9.88 Å². The van der Waals surface area contributed by atoms with Crippen molar-refractivity contribution >= 4 is 32.6 Å². The van der Waals surface area contributed by atoms with Gasteiger partial charge >= 0.3 is 5.97 Å². The summed E-state index contributed by atoms with van der Waals surface area (Å²) in [4.78, 5) is 31.7. The van der Waals surface area contributed by atoms with Gasteiger partial charge in [-0.25, -0.2) is 18.2 Å². The number of esters is 1. The van der Waals surface area contributed by atoms with Gasteiger partial charge in [0, 0.05) is 24.0 Å². The largest absolute Gasteiger partial charge is 0.452 e. The number of fused-ring (bicyclic) bond motifs is 1. The summed E-state index contributed by atoms with van der Waals surface area (Å²) in [7, 11) is -1.58. The SMILES string of the molecule is CCC(C)c1ccc(-c2cc(C(=O)OCC(=O)N(C)C3CCS(=O)(=O)C3)c3ccccc3n2)cc1. The Morgan fingerprint density at radius 3 is 2.51 bits per heavy atom. The molecule has 1 aromatic heterocycles. The zero-order chi connectivity index (χ0) is 25.2. The Balaban J connectivity index is 1.55. The number of likely N-dealkylation sites (N-methyl/N-ethyl adjacent to an activating group) is 1. The van der Waals surface area contributed by atoms with Crippen molar-refractivity contribution in [1.29, 1.82) is 0 Å². The van der Waals surface area contributed by atoms with E-state index in [0.717, 1.165) is 12.0 Å². The standard InChI is InChI=1S/C27H30N2O5S/c1-4-18(2)19-9-11-20(12-10-19)25-15-23(22-7-5-6-8-24(22)28-25)27(31)34-16-26(30)29(3)21-13-14-35(32,33)17-21/h5-12,15,18,21H,4,13-14,16-17H2,1-3H3. The Hall–Kier alpha value is -3.26. The maximum absolute atomic E-state index is 13.1. The topological polar surface area (TPSA) is 93.6 Å². The van der Waals surface area contributed by atoms with Gasteiger partial charge in [0.15, 0.2) is 16.4 Å². The number of amides is 1. The van der Waals surface area contributed by atoms with Gasteiger partial charge in [-0.15, -0.1) is 0 Å². The molecule has 2 atom stereocenters. The van der Waals surface area contributed by atoms with E-state index < -0.39 is 34.4 Å². The van der Waals surface area contributed by atoms with Crippen LogP contribution in [0.4, 0.5) is 0 Å². The third-order valence-corrected chi connectivity index (χ3v) is 8.55. The molecule has 8 heteroatoms. The van der Waals surface area contributed by atoms with Gasteiger partial charge < -0.3 is 9.64 Å². The normalized spacial score (nSPS) is 17.7. The molecule has 7 nitrogen and oxygen atoms in total. The number of carbonyl (C=O) groups is 2. The van der Waals surface area contributed by atoms with Crippen LogP contribution in [0.15, 0.2) is 54.6 Å². The molecule has 0 aliphatic carbocycles. The lowest BCUT2D eigenvalue weighted by Crippen LogP contribution is -2.40. The predicted octanol–water partition coefficient (Wildman–Crippen LogP) is 4.22. The highest BCUT2D eigenvalue weighted by Crippen LogP contribution is 2.27. The molecule has 35 heavy (non-hydrogen) atoms. The van der Waals surface area contributed by atoms with Gasteiger partial charge in [0.1, 0.15) is 0 Å². The average molecular weight is 495 g/mol. The highest BCUT2D eigenvalue weighted by Gasteiger charge is 2.33. The summed E-state index contributed by atoms with van der Waals surface area (Å²) in [5.74, 6) is -0.586. The molecule has 0 N–H and O–H groups in total. The number of para-hydroxylation sites is 1. The molecule has 1 aliphatic rings. The monoisotopic (exact) mass is 494 g/mol. The number of hydrogen-bond donors (Lipinski definition) is 0. The van der Waals surface area contributed by atoms with Gasteiger partial charge in [-0.1, -0.05) is 56.3 Å². The van der Waals surface area contributed by atoms with Crippen LogP contribution in [-0.2, 0) is 19.4 Å². The summed E-state index contributed by atoms with van der Waals surface area (Å²) < 4.78 is 28.8. The van der Waals surface area contributed by atoms with Crippen LogP contribution in [0.1, 0.15) is 48.5 Å². The van der Waals surface area contributed by atoms with Gasteiger partial charge in [0.2, 0.25) is 0 Å². The Labute approximate surface area is 206 Å². The molecule has 1 aliphatic heterocycles. The summed E-state index contributed by atoms with van der Waals surface area (Å²) in [6.07, 6.45) is 1.45. The van der Waals surface area contributed by atoms with E-state index in [1.807, 2.05) is 30.3 Å². The quantitative estimate of drug-likeness (QED) is 0.457. The fourth-order valence-corrected chi connectivity index (χ4v) is 6.08. The van der Waals surface area contributed by atoms with E-state index >= 15 is 0 Å². The Morgan fingerprint density at radius 2 is 1.86 bits per heavy atom. The number of ether oxygens (including phenoxy) is 1. The van der Waals surface area contributed by atoms with E-state index in [0.29, 0.717) is 34.5 Å². The van der Waals surface area contributed by atoms with Crippen LogP contribution in [0.5, 0.6) is 0 Å². The first kappa shape index (κ1) is 24.9. The fourth-order valence-electron chi connectivity index (χ4n) is 4.30. The molecular formula is C27H30N2O5S. The molecule has 0 spiro atoms. The minimum Gasteiger partial charge on any atom is -0.452 e. The molecule has 1 fully saturated rings. The second kappa shape index (κ2) is 10.2. The second-order valence-electron chi connectivity index (χ2n) is 9.14. The van der Waals surface area contributed by atoms with E-state index in [2.05, 4.69) is 26.0 Å². The summed E-state index contributed by atoms with van der Waals surface area (Å²) in [6, 6.07) is 16.8. The molecule has 3 aromatic rings. The van der Waals surface area contributed by atoms with E-state index in [1.165, 1.54) is 10.5 Å². The van der Waals surface area contributed by atoms with Crippen molar-refractivity contribution in [2.24, 2.45) is 0 Å². The summed E-state index contributed by atoms with van der Waals surface area (Å²) in [6.45, 7) is 3.88. The fraction of sp³-hybridized carbons (Fsp3) is 0.370. The molecule has 1 amide bonds. The van der Waals surface area contributed by atoms with E-state index in [9.17, 15) is 18.0 Å². The minimum absolute atomic E-state index is 0.0582. The number of aromatic nitrogens is 1. The zero-order valence-electron chi connectivity index (χ0n) is 20.2. The molecule has 2 heterocycles. The van der Waals surface area contributed by atoms with E-state index in [1.54, 1.807) is 19.2 Å². The molecule has 2 unspecified atom stereocenters. The van der Waals surface area contributed by atoms with E-state index in [4.69, 9.17) is 9.72 Å². The number of carbonyl (C=O) groups excluding carboxylic acids is 2. The molecule has 0 saturated carbocycles. The number of sulfone groups is 1. The summed E-state index contributed by atoms with van der Waals surface area (Å²) >= 11 is 0. The van der Waals surface area contributed by atoms with Crippen molar-refractivity contribution in [3.05, 3.63) is 65.7 Å². The van der Waals surface area contributed by atoms with E-state index in [-0.39, 0.29) is 11.5 Å². The lowest BCUT2D eigenvalue weighted by atomic mass is 9.96. The highest BCUT2D eigenvalue weighted by atomic mass is 32.2. The van der Waals surface area contributed by atoms with Crippen LogP contribution in [0.3, 0.4) is 0 Å². The maximum Gasteiger partial charge on any atom is 0.339 e. The molecular weight excluding hydrogens is 464 g/mol. The molecule has 0 radical (unpaired) electrons. The first-order chi connectivity index (χ1) is 16.7. The summed E-state index contributed by atoms with van der Waals surface area (Å²) in [5.41, 5.74) is 3.76. The molecule has 0 bridgehead atoms. The molecule has 4 rings (SSSR count). The van der Waals surface area contributed by atoms with Crippen LogP contribution in [0, 0.1) is 0 Å². The Morgan fingerprint density at radius 1 is 1.14 bits per heavy atom. The van der Waals surface area contributed by atoms with Crippen molar-refractivity contribution in [3.63, 3.8) is 0 Å².